The van der Waals surface area contributed by atoms with Crippen LogP contribution in [0.4, 0.5) is 0 Å². The minimum absolute atomic E-state index is 0.437. The Balaban J connectivity index is 1.91. The second-order valence-corrected chi connectivity index (χ2v) is 7.58. The summed E-state index contributed by atoms with van der Waals surface area (Å²) in [5.41, 5.74) is 0.437. The minimum Gasteiger partial charge on any atom is -0.304 e. The molecule has 2 fully saturated rings. The lowest BCUT2D eigenvalue weighted by Gasteiger charge is -2.46. The molecular weight excluding hydrogens is 236 g/mol. The van der Waals surface area contributed by atoms with Gasteiger partial charge in [-0.3, -0.25) is 0 Å². The Morgan fingerprint density at radius 3 is 1.88 bits per heavy atom. The quantitative estimate of drug-likeness (QED) is 0.747. The van der Waals surface area contributed by atoms with Gasteiger partial charge in [-0.1, -0.05) is 6.92 Å². The van der Waals surface area contributed by atoms with Crippen molar-refractivity contribution < 1.29 is 8.42 Å². The van der Waals surface area contributed by atoms with Gasteiger partial charge in [-0.2, -0.15) is 0 Å². The van der Waals surface area contributed by atoms with Gasteiger partial charge in [0.2, 0.25) is 10.0 Å². The molecule has 100 valence electrons. The standard InChI is InChI=1S/C12H24N2O2S/c1-3-13-8-4-12(5-9-13)6-10-14(11-7-12)17(2,15)16/h3-11H2,1-2H3. The SMILES string of the molecule is CCN1CCC2(CC1)CCN(S(C)(=O)=O)CC2. The Labute approximate surface area is 105 Å². The van der Waals surface area contributed by atoms with E-state index in [1.165, 1.54) is 32.2 Å². The van der Waals surface area contributed by atoms with Crippen LogP contribution in [0.15, 0.2) is 0 Å². The van der Waals surface area contributed by atoms with Crippen LogP contribution in [0.2, 0.25) is 0 Å². The molecule has 0 saturated carbocycles. The van der Waals surface area contributed by atoms with Gasteiger partial charge in [0.1, 0.15) is 0 Å². The predicted molar refractivity (Wildman–Crippen MR) is 69.4 cm³/mol. The van der Waals surface area contributed by atoms with Crippen molar-refractivity contribution in [1.82, 2.24) is 9.21 Å². The van der Waals surface area contributed by atoms with E-state index in [1.54, 1.807) is 4.31 Å². The van der Waals surface area contributed by atoms with Crippen molar-refractivity contribution in [2.24, 2.45) is 5.41 Å². The summed E-state index contributed by atoms with van der Waals surface area (Å²) < 4.78 is 24.6. The van der Waals surface area contributed by atoms with Gasteiger partial charge in [0.25, 0.3) is 0 Å². The van der Waals surface area contributed by atoms with Crippen LogP contribution in [0, 0.1) is 5.41 Å². The monoisotopic (exact) mass is 260 g/mol. The van der Waals surface area contributed by atoms with E-state index in [0.717, 1.165) is 32.5 Å². The molecule has 0 amide bonds. The third kappa shape index (κ3) is 3.01. The van der Waals surface area contributed by atoms with E-state index in [2.05, 4.69) is 11.8 Å². The summed E-state index contributed by atoms with van der Waals surface area (Å²) in [6.07, 6.45) is 5.93. The van der Waals surface area contributed by atoms with E-state index in [0.29, 0.717) is 5.41 Å². The molecule has 17 heavy (non-hydrogen) atoms. The molecule has 0 unspecified atom stereocenters. The third-order valence-electron chi connectivity index (χ3n) is 4.62. The Hall–Kier alpha value is -0.130. The highest BCUT2D eigenvalue weighted by atomic mass is 32.2. The van der Waals surface area contributed by atoms with Crippen LogP contribution in [0.5, 0.6) is 0 Å². The molecule has 0 atom stereocenters. The highest BCUT2D eigenvalue weighted by Gasteiger charge is 2.38. The highest BCUT2D eigenvalue weighted by molar-refractivity contribution is 7.88. The predicted octanol–water partition coefficient (Wildman–Crippen LogP) is 1.14. The van der Waals surface area contributed by atoms with Gasteiger partial charge in [0.15, 0.2) is 0 Å². The first-order valence-corrected chi connectivity index (χ1v) is 8.47. The van der Waals surface area contributed by atoms with Crippen LogP contribution in [0.25, 0.3) is 0 Å². The van der Waals surface area contributed by atoms with Crippen molar-refractivity contribution in [2.45, 2.75) is 32.6 Å². The zero-order valence-corrected chi connectivity index (χ0v) is 11.8. The molecule has 0 N–H and O–H groups in total. The van der Waals surface area contributed by atoms with Crippen molar-refractivity contribution in [1.29, 1.82) is 0 Å². The molecule has 2 aliphatic heterocycles. The average molecular weight is 260 g/mol. The molecule has 1 spiro atoms. The van der Waals surface area contributed by atoms with Crippen LogP contribution in [0.3, 0.4) is 0 Å². The first-order valence-electron chi connectivity index (χ1n) is 6.63. The summed E-state index contributed by atoms with van der Waals surface area (Å²) >= 11 is 0. The molecule has 4 nitrogen and oxygen atoms in total. The average Bonchev–Trinajstić information content (AvgIpc) is 2.29. The molecular formula is C12H24N2O2S. The molecule has 2 saturated heterocycles. The normalized spacial score (nSPS) is 27.4. The van der Waals surface area contributed by atoms with Crippen LogP contribution >= 0.6 is 0 Å². The molecule has 2 aliphatic rings. The Morgan fingerprint density at radius 2 is 1.47 bits per heavy atom. The topological polar surface area (TPSA) is 40.6 Å². The second-order valence-electron chi connectivity index (χ2n) is 5.60. The number of nitrogens with zero attached hydrogens (tertiary/aromatic N) is 2. The van der Waals surface area contributed by atoms with Crippen LogP contribution in [-0.2, 0) is 10.0 Å². The molecule has 2 rings (SSSR count). The van der Waals surface area contributed by atoms with E-state index in [4.69, 9.17) is 0 Å². The summed E-state index contributed by atoms with van der Waals surface area (Å²) in [6.45, 7) is 7.19. The lowest BCUT2D eigenvalue weighted by Crippen LogP contribution is -2.47. The molecule has 0 aromatic rings. The molecule has 0 aromatic carbocycles. The summed E-state index contributed by atoms with van der Waals surface area (Å²) in [5.74, 6) is 0. The number of piperidine rings is 2. The zero-order valence-electron chi connectivity index (χ0n) is 11.0. The van der Waals surface area contributed by atoms with Gasteiger partial charge < -0.3 is 4.90 Å². The van der Waals surface area contributed by atoms with E-state index in [-0.39, 0.29) is 0 Å². The second kappa shape index (κ2) is 4.86. The summed E-state index contributed by atoms with van der Waals surface area (Å²) in [6, 6.07) is 0. The van der Waals surface area contributed by atoms with Gasteiger partial charge in [-0.25, -0.2) is 12.7 Å². The highest BCUT2D eigenvalue weighted by Crippen LogP contribution is 2.41. The van der Waals surface area contributed by atoms with Gasteiger partial charge >= 0.3 is 0 Å². The third-order valence-corrected chi connectivity index (χ3v) is 5.92. The fourth-order valence-corrected chi connectivity index (χ4v) is 3.98. The van der Waals surface area contributed by atoms with Crippen molar-refractivity contribution in [3.8, 4) is 0 Å². The maximum absolute atomic E-state index is 11.5. The largest absolute Gasteiger partial charge is 0.304 e. The van der Waals surface area contributed by atoms with Crippen LogP contribution in [0.1, 0.15) is 32.6 Å². The van der Waals surface area contributed by atoms with E-state index < -0.39 is 10.0 Å². The van der Waals surface area contributed by atoms with Crippen molar-refractivity contribution in [3.63, 3.8) is 0 Å². The first-order chi connectivity index (χ1) is 7.95. The zero-order chi connectivity index (χ0) is 12.5. The Bertz CT molecular complexity index is 349. The summed E-state index contributed by atoms with van der Waals surface area (Å²) in [5, 5.41) is 0. The smallest absolute Gasteiger partial charge is 0.211 e. The summed E-state index contributed by atoms with van der Waals surface area (Å²) in [7, 11) is -2.97. The molecule has 0 aliphatic carbocycles. The van der Waals surface area contributed by atoms with Gasteiger partial charge in [-0.05, 0) is 50.7 Å². The van der Waals surface area contributed by atoms with E-state index in [1.807, 2.05) is 0 Å². The first kappa shape index (κ1) is 13.3. The van der Waals surface area contributed by atoms with Crippen molar-refractivity contribution in [2.75, 3.05) is 39.0 Å². The number of hydrogen-bond acceptors (Lipinski definition) is 3. The Kier molecular flexibility index (Phi) is 3.80. The van der Waals surface area contributed by atoms with Crippen LogP contribution < -0.4 is 0 Å². The van der Waals surface area contributed by atoms with E-state index in [9.17, 15) is 8.42 Å². The molecule has 0 radical (unpaired) electrons. The minimum atomic E-state index is -2.97. The number of sulfonamides is 1. The maximum Gasteiger partial charge on any atom is 0.211 e. The fourth-order valence-electron chi connectivity index (χ4n) is 3.14. The molecule has 0 bridgehead atoms. The van der Waals surface area contributed by atoms with Gasteiger partial charge in [-0.15, -0.1) is 0 Å². The lowest BCUT2D eigenvalue weighted by molar-refractivity contribution is 0.0587. The van der Waals surface area contributed by atoms with Gasteiger partial charge in [0, 0.05) is 13.1 Å². The van der Waals surface area contributed by atoms with Crippen molar-refractivity contribution in [3.05, 3.63) is 0 Å². The van der Waals surface area contributed by atoms with Gasteiger partial charge in [0.05, 0.1) is 6.26 Å². The number of rotatable bonds is 2. The van der Waals surface area contributed by atoms with Crippen molar-refractivity contribution >= 4 is 10.0 Å². The number of likely N-dealkylation sites (tertiary alicyclic amines) is 1. The molecule has 5 heteroatoms. The number of hydrogen-bond donors (Lipinski definition) is 0. The maximum atomic E-state index is 11.5. The lowest BCUT2D eigenvalue weighted by atomic mass is 9.71. The van der Waals surface area contributed by atoms with E-state index >= 15 is 0 Å². The fraction of sp³-hybridized carbons (Fsp3) is 1.00. The Morgan fingerprint density at radius 1 is 1.00 bits per heavy atom. The summed E-state index contributed by atoms with van der Waals surface area (Å²) in [4.78, 5) is 2.49. The molecule has 0 aromatic heterocycles. The molecule has 2 heterocycles. The van der Waals surface area contributed by atoms with Crippen LogP contribution in [-0.4, -0.2) is 56.6 Å².